The van der Waals surface area contributed by atoms with Gasteiger partial charge in [0, 0.05) is 44.1 Å². The van der Waals surface area contributed by atoms with Gasteiger partial charge in [-0.05, 0) is 94.4 Å². The fourth-order valence-corrected chi connectivity index (χ4v) is 7.08. The van der Waals surface area contributed by atoms with Crippen LogP contribution in [0.5, 0.6) is 0 Å². The fraction of sp³-hybridized carbons (Fsp3) is 0.588. The number of nitrogens with one attached hydrogen (secondary N) is 2. The number of aromatic nitrogens is 4. The lowest BCUT2D eigenvalue weighted by Gasteiger charge is -2.28. The lowest BCUT2D eigenvalue weighted by atomic mass is 9.88. The average Bonchev–Trinajstić information content (AvgIpc) is 3.91. The van der Waals surface area contributed by atoms with Crippen molar-refractivity contribution in [3.63, 3.8) is 0 Å². The Kier molecular flexibility index (Phi) is 8.83. The van der Waals surface area contributed by atoms with Gasteiger partial charge in [-0.25, -0.2) is 4.98 Å². The molecule has 2 amide bonds. The Bertz CT molecular complexity index is 1450. The maximum atomic E-state index is 13.9. The highest BCUT2D eigenvalue weighted by atomic mass is 28.3. The van der Waals surface area contributed by atoms with Crippen molar-refractivity contribution >= 4 is 25.6 Å². The van der Waals surface area contributed by atoms with Crippen molar-refractivity contribution in [3.8, 4) is 11.3 Å². The van der Waals surface area contributed by atoms with Crippen LogP contribution >= 0.6 is 0 Å². The van der Waals surface area contributed by atoms with Crippen molar-refractivity contribution in [3.05, 3.63) is 54.2 Å². The smallest absolute Gasteiger partial charge is 0.270 e. The molecule has 236 valence electrons. The number of carbonyl (C=O) groups is 2. The fourth-order valence-electron chi connectivity index (χ4n) is 6.32. The van der Waals surface area contributed by atoms with E-state index < -0.39 is 14.1 Å². The molecule has 0 bridgehead atoms. The van der Waals surface area contributed by atoms with E-state index in [4.69, 9.17) is 9.72 Å². The molecule has 1 aromatic carbocycles. The molecule has 10 heteroatoms. The Morgan fingerprint density at radius 3 is 2.27 bits per heavy atom. The molecule has 3 aliphatic carbocycles. The van der Waals surface area contributed by atoms with E-state index in [2.05, 4.69) is 39.9 Å². The monoisotopic (exact) mass is 616 g/mol. The van der Waals surface area contributed by atoms with E-state index in [-0.39, 0.29) is 23.8 Å². The molecule has 3 aliphatic rings. The molecule has 3 saturated carbocycles. The van der Waals surface area contributed by atoms with Gasteiger partial charge >= 0.3 is 0 Å². The molecule has 0 spiro atoms. The van der Waals surface area contributed by atoms with Gasteiger partial charge in [0.25, 0.3) is 5.91 Å². The minimum atomic E-state index is -1.13. The Morgan fingerprint density at radius 1 is 1.00 bits per heavy atom. The van der Waals surface area contributed by atoms with Crippen LogP contribution in [0, 0.1) is 17.8 Å². The number of imidazole rings is 1. The maximum Gasteiger partial charge on any atom is 0.270 e. The van der Waals surface area contributed by atoms with E-state index in [1.807, 2.05) is 44.4 Å². The molecule has 0 radical (unpaired) electrons. The first-order valence-corrected chi connectivity index (χ1v) is 20.2. The van der Waals surface area contributed by atoms with Crippen molar-refractivity contribution in [2.75, 3.05) is 11.9 Å². The molecular formula is C34H48N6O3Si. The van der Waals surface area contributed by atoms with Gasteiger partial charge in [0.15, 0.2) is 0 Å². The van der Waals surface area contributed by atoms with Gasteiger partial charge in [-0.1, -0.05) is 31.8 Å². The van der Waals surface area contributed by atoms with Crippen LogP contribution in [-0.4, -0.2) is 51.9 Å². The molecule has 3 aromatic rings. The molecule has 44 heavy (non-hydrogen) atoms. The zero-order valence-electron chi connectivity index (χ0n) is 26.9. The van der Waals surface area contributed by atoms with E-state index in [0.29, 0.717) is 30.2 Å². The van der Waals surface area contributed by atoms with Crippen molar-refractivity contribution in [1.82, 2.24) is 24.6 Å². The Labute approximate surface area is 262 Å². The number of benzene rings is 1. The summed E-state index contributed by atoms with van der Waals surface area (Å²) < 4.78 is 9.93. The van der Waals surface area contributed by atoms with E-state index in [1.165, 1.54) is 18.5 Å². The van der Waals surface area contributed by atoms with Gasteiger partial charge < -0.3 is 19.9 Å². The summed E-state index contributed by atoms with van der Waals surface area (Å²) in [5.41, 5.74) is 4.48. The molecule has 9 nitrogen and oxygen atoms in total. The largest absolute Gasteiger partial charge is 0.361 e. The molecule has 3 fully saturated rings. The third kappa shape index (κ3) is 7.34. The van der Waals surface area contributed by atoms with Crippen molar-refractivity contribution < 1.29 is 14.3 Å². The normalized spacial score (nSPS) is 17.7. The molecule has 0 unspecified atom stereocenters. The number of ether oxygens (including phenoxy) is 1. The summed E-state index contributed by atoms with van der Waals surface area (Å²) >= 11 is 0. The van der Waals surface area contributed by atoms with Gasteiger partial charge in [0.05, 0.1) is 17.7 Å². The Hall–Kier alpha value is -3.24. The highest BCUT2D eigenvalue weighted by molar-refractivity contribution is 6.76. The van der Waals surface area contributed by atoms with Crippen molar-refractivity contribution in [2.24, 2.45) is 17.8 Å². The van der Waals surface area contributed by atoms with Crippen LogP contribution in [0.2, 0.25) is 25.7 Å². The second-order valence-corrected chi connectivity index (χ2v) is 20.2. The van der Waals surface area contributed by atoms with E-state index in [1.54, 1.807) is 16.9 Å². The summed E-state index contributed by atoms with van der Waals surface area (Å²) in [4.78, 5) is 32.1. The average molecular weight is 617 g/mol. The third-order valence-electron chi connectivity index (χ3n) is 9.17. The zero-order valence-corrected chi connectivity index (χ0v) is 27.9. The first-order valence-electron chi connectivity index (χ1n) is 16.5. The van der Waals surface area contributed by atoms with Crippen LogP contribution in [0.25, 0.3) is 11.3 Å². The highest BCUT2D eigenvalue weighted by Crippen LogP contribution is 2.51. The number of carbonyl (C=O) groups excluding carboxylic acids is 2. The number of amides is 2. The quantitative estimate of drug-likeness (QED) is 0.146. The SMILES string of the molecule is CC(C)n1nccc1C(=O)N[C@H](C(=O)Nc1ccc(-c2ncn(COCC[Si](C)(C)C)c2C2CC2)cc1)C(C1CC1)C1CC1. The third-order valence-corrected chi connectivity index (χ3v) is 10.9. The predicted molar refractivity (Wildman–Crippen MR) is 175 cm³/mol. The molecule has 2 heterocycles. The van der Waals surface area contributed by atoms with E-state index in [9.17, 15) is 9.59 Å². The van der Waals surface area contributed by atoms with Gasteiger partial charge in [-0.15, -0.1) is 0 Å². The number of anilines is 1. The Morgan fingerprint density at radius 2 is 1.68 bits per heavy atom. The molecule has 1 atom stereocenters. The number of hydrogen-bond donors (Lipinski definition) is 2. The summed E-state index contributed by atoms with van der Waals surface area (Å²) in [6.45, 7) is 12.4. The second-order valence-electron chi connectivity index (χ2n) is 14.6. The summed E-state index contributed by atoms with van der Waals surface area (Å²) in [5.74, 6) is 1.27. The van der Waals surface area contributed by atoms with E-state index in [0.717, 1.165) is 55.3 Å². The van der Waals surface area contributed by atoms with Crippen LogP contribution in [-0.2, 0) is 16.3 Å². The summed E-state index contributed by atoms with van der Waals surface area (Å²) in [7, 11) is -1.13. The zero-order chi connectivity index (χ0) is 31.0. The Balaban J connectivity index is 1.16. The number of hydrogen-bond acceptors (Lipinski definition) is 5. The topological polar surface area (TPSA) is 103 Å². The summed E-state index contributed by atoms with van der Waals surface area (Å²) in [6, 6.07) is 10.3. The first-order chi connectivity index (χ1) is 21.1. The first kappa shape index (κ1) is 30.8. The van der Waals surface area contributed by atoms with Crippen LogP contribution in [0.3, 0.4) is 0 Å². The number of rotatable bonds is 15. The van der Waals surface area contributed by atoms with Gasteiger partial charge in [-0.2, -0.15) is 5.10 Å². The summed E-state index contributed by atoms with van der Waals surface area (Å²) in [6.07, 6.45) is 10.4. The lowest BCUT2D eigenvalue weighted by molar-refractivity contribution is -0.119. The van der Waals surface area contributed by atoms with Crippen LogP contribution < -0.4 is 10.6 Å². The van der Waals surface area contributed by atoms with Gasteiger partial charge in [-0.3, -0.25) is 14.3 Å². The van der Waals surface area contributed by atoms with Crippen molar-refractivity contribution in [1.29, 1.82) is 0 Å². The minimum absolute atomic E-state index is 0.0496. The minimum Gasteiger partial charge on any atom is -0.361 e. The summed E-state index contributed by atoms with van der Waals surface area (Å²) in [5, 5.41) is 10.6. The highest BCUT2D eigenvalue weighted by Gasteiger charge is 2.48. The molecule has 0 saturated heterocycles. The van der Waals surface area contributed by atoms with Gasteiger partial charge in [0.2, 0.25) is 5.91 Å². The standard InChI is InChI=1S/C34H48N6O3Si/c1-22(2)40-28(16-17-36-40)33(41)38-31(29(23-6-7-23)24-8-9-24)34(42)37-27-14-12-25(13-15-27)30-32(26-10-11-26)39(20-35-30)21-43-18-19-44(3,4)5/h12-17,20,22-24,26,29,31H,6-11,18-19,21H2,1-5H3,(H,37,42)(H,38,41)/t31-/m0/s1. The molecule has 2 aromatic heterocycles. The molecular weight excluding hydrogens is 568 g/mol. The lowest BCUT2D eigenvalue weighted by Crippen LogP contribution is -2.50. The molecule has 0 aliphatic heterocycles. The van der Waals surface area contributed by atoms with Crippen molar-refractivity contribution in [2.45, 2.75) is 103 Å². The van der Waals surface area contributed by atoms with Crippen LogP contribution in [0.4, 0.5) is 5.69 Å². The number of nitrogens with zero attached hydrogens (tertiary/aromatic N) is 4. The van der Waals surface area contributed by atoms with Crippen LogP contribution in [0.15, 0.2) is 42.9 Å². The predicted octanol–water partition coefficient (Wildman–Crippen LogP) is 6.69. The molecule has 6 rings (SSSR count). The molecule has 2 N–H and O–H groups in total. The second kappa shape index (κ2) is 12.6. The maximum absolute atomic E-state index is 13.9. The van der Waals surface area contributed by atoms with Gasteiger partial charge in [0.1, 0.15) is 18.5 Å². The van der Waals surface area contributed by atoms with E-state index >= 15 is 0 Å². The van der Waals surface area contributed by atoms with Crippen LogP contribution in [0.1, 0.15) is 80.5 Å².